The lowest BCUT2D eigenvalue weighted by Gasteiger charge is -2.12. The van der Waals surface area contributed by atoms with E-state index < -0.39 is 6.10 Å². The first-order valence-electron chi connectivity index (χ1n) is 4.41. The van der Waals surface area contributed by atoms with Gasteiger partial charge in [0.2, 0.25) is 0 Å². The summed E-state index contributed by atoms with van der Waals surface area (Å²) in [5, 5.41) is 12.6. The van der Waals surface area contributed by atoms with Gasteiger partial charge in [-0.05, 0) is 32.5 Å². The summed E-state index contributed by atoms with van der Waals surface area (Å²) >= 11 is 0. The molecule has 3 heteroatoms. The monoisotopic (exact) mass is 180 g/mol. The van der Waals surface area contributed by atoms with Gasteiger partial charge in [-0.1, -0.05) is 0 Å². The Labute approximate surface area is 78.8 Å². The summed E-state index contributed by atoms with van der Waals surface area (Å²) in [5.41, 5.74) is 2.98. The van der Waals surface area contributed by atoms with Gasteiger partial charge in [0.25, 0.3) is 0 Å². The van der Waals surface area contributed by atoms with Gasteiger partial charge in [0.1, 0.15) is 0 Å². The fourth-order valence-corrected chi connectivity index (χ4v) is 1.36. The van der Waals surface area contributed by atoms with Gasteiger partial charge in [0.15, 0.2) is 0 Å². The lowest BCUT2D eigenvalue weighted by atomic mass is 10.1. The van der Waals surface area contributed by atoms with Crippen molar-refractivity contribution in [3.05, 3.63) is 29.1 Å². The third kappa shape index (κ3) is 2.50. The third-order valence-electron chi connectivity index (χ3n) is 2.04. The predicted molar refractivity (Wildman–Crippen MR) is 52.6 cm³/mol. The normalized spacial score (nSPS) is 12.9. The molecule has 72 valence electrons. The minimum absolute atomic E-state index is 0.460. The number of nitrogens with one attached hydrogen (secondary N) is 1. The van der Waals surface area contributed by atoms with Gasteiger partial charge in [0, 0.05) is 24.0 Å². The molecule has 1 aromatic heterocycles. The molecule has 0 aliphatic heterocycles. The molecule has 2 N–H and O–H groups in total. The first-order chi connectivity index (χ1) is 6.15. The van der Waals surface area contributed by atoms with Crippen molar-refractivity contribution in [3.8, 4) is 0 Å². The first kappa shape index (κ1) is 10.2. The molecular weight excluding hydrogens is 164 g/mol. The van der Waals surface area contributed by atoms with Crippen molar-refractivity contribution in [1.29, 1.82) is 0 Å². The van der Waals surface area contributed by atoms with Crippen LogP contribution in [-0.4, -0.2) is 23.7 Å². The van der Waals surface area contributed by atoms with Crippen molar-refractivity contribution < 1.29 is 5.11 Å². The Bertz CT molecular complexity index is 286. The van der Waals surface area contributed by atoms with Gasteiger partial charge in [-0.2, -0.15) is 0 Å². The average Bonchev–Trinajstić information content (AvgIpc) is 2.04. The van der Waals surface area contributed by atoms with E-state index in [1.165, 1.54) is 0 Å². The van der Waals surface area contributed by atoms with E-state index >= 15 is 0 Å². The molecule has 0 fully saturated rings. The molecule has 0 radical (unpaired) electrons. The van der Waals surface area contributed by atoms with Gasteiger partial charge in [-0.25, -0.2) is 0 Å². The third-order valence-corrected chi connectivity index (χ3v) is 2.04. The van der Waals surface area contributed by atoms with Crippen LogP contribution in [0.15, 0.2) is 12.3 Å². The van der Waals surface area contributed by atoms with Gasteiger partial charge in [0.05, 0.1) is 6.10 Å². The second-order valence-electron chi connectivity index (χ2n) is 3.26. The number of aromatic nitrogens is 1. The molecule has 0 amide bonds. The van der Waals surface area contributed by atoms with Crippen molar-refractivity contribution in [2.24, 2.45) is 0 Å². The molecule has 0 bridgehead atoms. The van der Waals surface area contributed by atoms with Gasteiger partial charge in [-0.15, -0.1) is 0 Å². The van der Waals surface area contributed by atoms with Crippen LogP contribution < -0.4 is 5.32 Å². The van der Waals surface area contributed by atoms with Crippen molar-refractivity contribution in [3.63, 3.8) is 0 Å². The fraction of sp³-hybridized carbons (Fsp3) is 0.500. The number of aliphatic hydroxyl groups excluding tert-OH is 1. The summed E-state index contributed by atoms with van der Waals surface area (Å²) in [6, 6.07) is 1.98. The maximum atomic E-state index is 9.69. The van der Waals surface area contributed by atoms with E-state index in [0.29, 0.717) is 6.54 Å². The van der Waals surface area contributed by atoms with E-state index in [1.54, 1.807) is 6.20 Å². The second kappa shape index (κ2) is 4.35. The van der Waals surface area contributed by atoms with Crippen LogP contribution in [0.4, 0.5) is 0 Å². The van der Waals surface area contributed by atoms with Crippen LogP contribution in [0.5, 0.6) is 0 Å². The van der Waals surface area contributed by atoms with Crippen LogP contribution >= 0.6 is 0 Å². The second-order valence-corrected chi connectivity index (χ2v) is 3.26. The number of aryl methyl sites for hydroxylation is 2. The summed E-state index contributed by atoms with van der Waals surface area (Å²) in [6.07, 6.45) is 1.28. The molecule has 1 rings (SSSR count). The molecule has 0 spiro atoms. The molecule has 0 aliphatic rings. The molecule has 1 heterocycles. The van der Waals surface area contributed by atoms with Crippen LogP contribution in [0, 0.1) is 13.8 Å². The predicted octanol–water partition coefficient (Wildman–Crippen LogP) is 0.951. The molecule has 0 aromatic carbocycles. The molecule has 1 atom stereocenters. The summed E-state index contributed by atoms with van der Waals surface area (Å²) < 4.78 is 0. The Hall–Kier alpha value is -0.930. The first-order valence-corrected chi connectivity index (χ1v) is 4.41. The van der Waals surface area contributed by atoms with Crippen molar-refractivity contribution in [2.45, 2.75) is 20.0 Å². The molecule has 3 nitrogen and oxygen atoms in total. The van der Waals surface area contributed by atoms with Gasteiger partial charge in [-0.3, -0.25) is 4.98 Å². The van der Waals surface area contributed by atoms with Crippen LogP contribution in [0.25, 0.3) is 0 Å². The van der Waals surface area contributed by atoms with E-state index in [1.807, 2.05) is 27.0 Å². The number of likely N-dealkylation sites (N-methyl/N-ethyl adjacent to an activating group) is 1. The standard InChI is InChI=1S/C10H16N2O/c1-7-4-8(2)12-5-9(7)10(13)6-11-3/h4-5,10-11,13H,6H2,1-3H3. The molecule has 1 unspecified atom stereocenters. The smallest absolute Gasteiger partial charge is 0.0931 e. The maximum Gasteiger partial charge on any atom is 0.0931 e. The molecule has 0 saturated carbocycles. The highest BCUT2D eigenvalue weighted by Crippen LogP contribution is 2.16. The molecule has 0 saturated heterocycles. The highest BCUT2D eigenvalue weighted by atomic mass is 16.3. The van der Waals surface area contributed by atoms with Crippen LogP contribution in [0.2, 0.25) is 0 Å². The van der Waals surface area contributed by atoms with Crippen molar-refractivity contribution >= 4 is 0 Å². The Kier molecular flexibility index (Phi) is 3.39. The Morgan fingerprint density at radius 3 is 2.77 bits per heavy atom. The largest absolute Gasteiger partial charge is 0.387 e. The topological polar surface area (TPSA) is 45.1 Å². The number of hydrogen-bond acceptors (Lipinski definition) is 3. The molecule has 1 aromatic rings. The summed E-state index contributed by atoms with van der Waals surface area (Å²) in [5.74, 6) is 0. The Morgan fingerprint density at radius 2 is 2.23 bits per heavy atom. The number of aliphatic hydroxyl groups is 1. The fourth-order valence-electron chi connectivity index (χ4n) is 1.36. The lowest BCUT2D eigenvalue weighted by molar-refractivity contribution is 0.176. The zero-order valence-electron chi connectivity index (χ0n) is 8.33. The summed E-state index contributed by atoms with van der Waals surface area (Å²) in [6.45, 7) is 4.50. The zero-order valence-corrected chi connectivity index (χ0v) is 8.33. The van der Waals surface area contributed by atoms with Crippen LogP contribution in [0.1, 0.15) is 22.9 Å². The number of pyridine rings is 1. The van der Waals surface area contributed by atoms with Crippen molar-refractivity contribution in [2.75, 3.05) is 13.6 Å². The highest BCUT2D eigenvalue weighted by molar-refractivity contribution is 5.26. The number of nitrogens with zero attached hydrogens (tertiary/aromatic N) is 1. The average molecular weight is 180 g/mol. The van der Waals surface area contributed by atoms with E-state index in [0.717, 1.165) is 16.8 Å². The number of rotatable bonds is 3. The summed E-state index contributed by atoms with van der Waals surface area (Å²) in [4.78, 5) is 4.16. The highest BCUT2D eigenvalue weighted by Gasteiger charge is 2.09. The molecule has 13 heavy (non-hydrogen) atoms. The zero-order chi connectivity index (χ0) is 9.84. The minimum Gasteiger partial charge on any atom is -0.387 e. The van der Waals surface area contributed by atoms with Gasteiger partial charge < -0.3 is 10.4 Å². The maximum absolute atomic E-state index is 9.69. The number of hydrogen-bond donors (Lipinski definition) is 2. The van der Waals surface area contributed by atoms with Crippen molar-refractivity contribution in [1.82, 2.24) is 10.3 Å². The van der Waals surface area contributed by atoms with E-state index in [4.69, 9.17) is 0 Å². The van der Waals surface area contributed by atoms with Crippen LogP contribution in [-0.2, 0) is 0 Å². The SMILES string of the molecule is CNCC(O)c1cnc(C)cc1C. The quantitative estimate of drug-likeness (QED) is 0.728. The lowest BCUT2D eigenvalue weighted by Crippen LogP contribution is -2.17. The van der Waals surface area contributed by atoms with E-state index in [9.17, 15) is 5.11 Å². The summed E-state index contributed by atoms with van der Waals surface area (Å²) in [7, 11) is 1.82. The van der Waals surface area contributed by atoms with Gasteiger partial charge >= 0.3 is 0 Å². The minimum atomic E-state index is -0.460. The Balaban J connectivity index is 2.88. The van der Waals surface area contributed by atoms with Crippen LogP contribution in [0.3, 0.4) is 0 Å². The van der Waals surface area contributed by atoms with E-state index in [-0.39, 0.29) is 0 Å². The molecular formula is C10H16N2O. The molecule has 0 aliphatic carbocycles. The van der Waals surface area contributed by atoms with E-state index in [2.05, 4.69) is 10.3 Å². The Morgan fingerprint density at radius 1 is 1.54 bits per heavy atom.